The fraction of sp³-hybridized carbons (Fsp3) is 0.625. The molecule has 1 aliphatic carbocycles. The average Bonchev–Trinajstić information content (AvgIpc) is 2.49. The third kappa shape index (κ3) is 3.47. The highest BCUT2D eigenvalue weighted by atomic mass is 19.1. The normalized spacial score (nSPS) is 26.4. The number of piperidine rings is 1. The van der Waals surface area contributed by atoms with Crippen molar-refractivity contribution in [1.29, 1.82) is 0 Å². The summed E-state index contributed by atoms with van der Waals surface area (Å²) in [5, 5.41) is 18.1. The van der Waals surface area contributed by atoms with Crippen molar-refractivity contribution in [2.45, 2.75) is 38.6 Å². The Morgan fingerprint density at radius 3 is 2.62 bits per heavy atom. The Hall–Kier alpha value is -0.905. The lowest BCUT2D eigenvalue weighted by molar-refractivity contribution is 0.0813. The van der Waals surface area contributed by atoms with Gasteiger partial charge >= 0.3 is 7.12 Å². The molecule has 2 aliphatic rings. The van der Waals surface area contributed by atoms with Crippen molar-refractivity contribution in [3.8, 4) is 0 Å². The van der Waals surface area contributed by atoms with Gasteiger partial charge < -0.3 is 10.0 Å². The molecule has 1 aliphatic heterocycles. The van der Waals surface area contributed by atoms with E-state index in [0.717, 1.165) is 24.9 Å². The van der Waals surface area contributed by atoms with Crippen LogP contribution in [-0.4, -0.2) is 35.2 Å². The number of hydrogen-bond donors (Lipinski definition) is 2. The van der Waals surface area contributed by atoms with Crippen LogP contribution in [0.3, 0.4) is 0 Å². The van der Waals surface area contributed by atoms with Gasteiger partial charge in [0.2, 0.25) is 0 Å². The van der Waals surface area contributed by atoms with Crippen LogP contribution in [0.2, 0.25) is 0 Å². The first-order valence-electron chi connectivity index (χ1n) is 8.00. The summed E-state index contributed by atoms with van der Waals surface area (Å²) in [5.74, 6) is 1.33. The first-order chi connectivity index (χ1) is 10.1. The van der Waals surface area contributed by atoms with E-state index in [1.165, 1.54) is 38.2 Å². The van der Waals surface area contributed by atoms with E-state index in [1.54, 1.807) is 12.1 Å². The molecular formula is C16H23BFNO2. The summed E-state index contributed by atoms with van der Waals surface area (Å²) in [7, 11) is -1.61. The topological polar surface area (TPSA) is 43.7 Å². The van der Waals surface area contributed by atoms with Gasteiger partial charge in [-0.2, -0.15) is 0 Å². The van der Waals surface area contributed by atoms with E-state index >= 15 is 0 Å². The van der Waals surface area contributed by atoms with Crippen LogP contribution in [0.4, 0.5) is 4.39 Å². The number of hydrogen-bond acceptors (Lipinski definition) is 3. The third-order valence-electron chi connectivity index (χ3n) is 5.14. The maximum Gasteiger partial charge on any atom is 0.488 e. The molecule has 1 aromatic carbocycles. The average molecular weight is 291 g/mol. The van der Waals surface area contributed by atoms with Crippen molar-refractivity contribution in [3.05, 3.63) is 29.6 Å². The zero-order valence-corrected chi connectivity index (χ0v) is 12.3. The highest BCUT2D eigenvalue weighted by molar-refractivity contribution is 6.58. The van der Waals surface area contributed by atoms with Gasteiger partial charge in [0.15, 0.2) is 0 Å². The van der Waals surface area contributed by atoms with E-state index in [1.807, 2.05) is 0 Å². The molecule has 0 amide bonds. The predicted molar refractivity (Wildman–Crippen MR) is 81.6 cm³/mol. The molecule has 2 N–H and O–H groups in total. The molecule has 2 fully saturated rings. The van der Waals surface area contributed by atoms with Gasteiger partial charge in [-0.05, 0) is 42.8 Å². The van der Waals surface area contributed by atoms with E-state index < -0.39 is 7.12 Å². The summed E-state index contributed by atoms with van der Waals surface area (Å²) in [4.78, 5) is 2.35. The van der Waals surface area contributed by atoms with E-state index in [-0.39, 0.29) is 11.3 Å². The molecule has 1 heterocycles. The molecule has 5 heteroatoms. The van der Waals surface area contributed by atoms with Gasteiger partial charge in [0.25, 0.3) is 0 Å². The Labute approximate surface area is 125 Å². The Kier molecular flexibility index (Phi) is 4.62. The van der Waals surface area contributed by atoms with E-state index in [4.69, 9.17) is 10.0 Å². The molecular weight excluding hydrogens is 268 g/mol. The number of rotatable bonds is 3. The molecule has 3 rings (SSSR count). The second kappa shape index (κ2) is 6.47. The van der Waals surface area contributed by atoms with Crippen LogP contribution in [0.1, 0.15) is 37.7 Å². The zero-order chi connectivity index (χ0) is 14.8. The molecule has 0 radical (unpaired) electrons. The van der Waals surface area contributed by atoms with Crippen LogP contribution < -0.4 is 5.46 Å². The minimum Gasteiger partial charge on any atom is -0.423 e. The van der Waals surface area contributed by atoms with Crippen LogP contribution in [0, 0.1) is 17.7 Å². The SMILES string of the molecule is OB(O)c1ccc(CN2CCC3CCCCC3C2)c(F)c1. The number of halogens is 1. The minimum absolute atomic E-state index is 0.210. The molecule has 1 saturated heterocycles. The molecule has 1 saturated carbocycles. The monoisotopic (exact) mass is 291 g/mol. The van der Waals surface area contributed by atoms with Gasteiger partial charge in [0.05, 0.1) is 0 Å². The van der Waals surface area contributed by atoms with Crippen molar-refractivity contribution in [2.24, 2.45) is 11.8 Å². The van der Waals surface area contributed by atoms with Crippen molar-refractivity contribution in [3.63, 3.8) is 0 Å². The summed E-state index contributed by atoms with van der Waals surface area (Å²) in [6.07, 6.45) is 6.64. The van der Waals surface area contributed by atoms with Gasteiger partial charge in [-0.25, -0.2) is 4.39 Å². The van der Waals surface area contributed by atoms with Crippen LogP contribution >= 0.6 is 0 Å². The summed E-state index contributed by atoms with van der Waals surface area (Å²) in [6.45, 7) is 2.75. The van der Waals surface area contributed by atoms with Gasteiger partial charge in [-0.1, -0.05) is 31.4 Å². The molecule has 2 unspecified atom stereocenters. The first kappa shape index (κ1) is 15.0. The first-order valence-corrected chi connectivity index (χ1v) is 8.00. The Morgan fingerprint density at radius 1 is 1.14 bits per heavy atom. The zero-order valence-electron chi connectivity index (χ0n) is 12.3. The molecule has 3 nitrogen and oxygen atoms in total. The van der Waals surface area contributed by atoms with E-state index in [2.05, 4.69) is 4.90 Å². The lowest BCUT2D eigenvalue weighted by Crippen LogP contribution is -2.41. The predicted octanol–water partition coefficient (Wildman–Crippen LogP) is 1.52. The number of benzene rings is 1. The number of likely N-dealkylation sites (tertiary alicyclic amines) is 1. The van der Waals surface area contributed by atoms with Crippen molar-refractivity contribution < 1.29 is 14.4 Å². The quantitative estimate of drug-likeness (QED) is 0.830. The Balaban J connectivity index is 1.64. The highest BCUT2D eigenvalue weighted by Crippen LogP contribution is 2.36. The standard InChI is InChI=1S/C16H23BFNO2/c18-16-9-15(17(20)21)6-5-14(16)11-19-8-7-12-3-1-2-4-13(12)10-19/h5-6,9,12-13,20-21H,1-4,7-8,10-11H2. The smallest absolute Gasteiger partial charge is 0.423 e. The lowest BCUT2D eigenvalue weighted by Gasteiger charge is -2.41. The van der Waals surface area contributed by atoms with Crippen molar-refractivity contribution >= 4 is 12.6 Å². The number of nitrogens with zero attached hydrogens (tertiary/aromatic N) is 1. The second-order valence-electron chi connectivity index (χ2n) is 6.55. The molecule has 21 heavy (non-hydrogen) atoms. The molecule has 0 aromatic heterocycles. The third-order valence-corrected chi connectivity index (χ3v) is 5.14. The largest absolute Gasteiger partial charge is 0.488 e. The van der Waals surface area contributed by atoms with Crippen LogP contribution in [-0.2, 0) is 6.54 Å². The number of fused-ring (bicyclic) bond motifs is 1. The molecule has 2 atom stereocenters. The summed E-state index contributed by atoms with van der Waals surface area (Å²) in [6, 6.07) is 4.50. The fourth-order valence-electron chi connectivity index (χ4n) is 3.91. The van der Waals surface area contributed by atoms with E-state index in [9.17, 15) is 4.39 Å². The van der Waals surface area contributed by atoms with Crippen LogP contribution in [0.25, 0.3) is 0 Å². The Bertz CT molecular complexity index is 497. The van der Waals surface area contributed by atoms with Gasteiger partial charge in [-0.15, -0.1) is 0 Å². The van der Waals surface area contributed by atoms with Crippen molar-refractivity contribution in [2.75, 3.05) is 13.1 Å². The molecule has 114 valence electrons. The van der Waals surface area contributed by atoms with Crippen molar-refractivity contribution in [1.82, 2.24) is 4.90 Å². The minimum atomic E-state index is -1.61. The van der Waals surface area contributed by atoms with Gasteiger partial charge in [-0.3, -0.25) is 4.90 Å². The second-order valence-corrected chi connectivity index (χ2v) is 6.55. The molecule has 0 bridgehead atoms. The summed E-state index contributed by atoms with van der Waals surface area (Å²) < 4.78 is 14.0. The molecule has 1 aromatic rings. The maximum atomic E-state index is 14.0. The van der Waals surface area contributed by atoms with E-state index in [0.29, 0.717) is 12.1 Å². The lowest BCUT2D eigenvalue weighted by atomic mass is 9.75. The van der Waals surface area contributed by atoms with Crippen LogP contribution in [0.5, 0.6) is 0 Å². The fourth-order valence-corrected chi connectivity index (χ4v) is 3.91. The molecule has 0 spiro atoms. The van der Waals surface area contributed by atoms with Gasteiger partial charge in [0.1, 0.15) is 5.82 Å². The van der Waals surface area contributed by atoms with Gasteiger partial charge in [0, 0.05) is 18.7 Å². The summed E-state index contributed by atoms with van der Waals surface area (Å²) in [5.41, 5.74) is 0.857. The summed E-state index contributed by atoms with van der Waals surface area (Å²) >= 11 is 0. The highest BCUT2D eigenvalue weighted by Gasteiger charge is 2.31. The Morgan fingerprint density at radius 2 is 1.90 bits per heavy atom. The van der Waals surface area contributed by atoms with Crippen LogP contribution in [0.15, 0.2) is 18.2 Å². The maximum absolute atomic E-state index is 14.0.